The Balaban J connectivity index is 2.38. The van der Waals surface area contributed by atoms with E-state index in [2.05, 4.69) is 9.97 Å². The van der Waals surface area contributed by atoms with E-state index in [0.29, 0.717) is 5.69 Å². The highest BCUT2D eigenvalue weighted by atomic mass is 35.5. The molecule has 128 valence electrons. The van der Waals surface area contributed by atoms with Gasteiger partial charge in [0.25, 0.3) is 0 Å². The van der Waals surface area contributed by atoms with Gasteiger partial charge >= 0.3 is 0 Å². The third-order valence-electron chi connectivity index (χ3n) is 3.47. The molecule has 1 aromatic heterocycles. The first-order valence-electron chi connectivity index (χ1n) is 7.04. The predicted molar refractivity (Wildman–Crippen MR) is 87.6 cm³/mol. The van der Waals surface area contributed by atoms with Crippen molar-refractivity contribution in [2.45, 2.75) is 25.0 Å². The Labute approximate surface area is 143 Å². The minimum absolute atomic E-state index is 0.0187. The van der Waals surface area contributed by atoms with Crippen LogP contribution in [-0.4, -0.2) is 24.2 Å². The molecule has 1 atom stereocenters. The molecule has 0 saturated carbocycles. The normalized spacial score (nSPS) is 12.8. The lowest BCUT2D eigenvalue weighted by atomic mass is 10.0. The monoisotopic (exact) mass is 371 g/mol. The van der Waals surface area contributed by atoms with Gasteiger partial charge in [-0.2, -0.15) is 0 Å². The van der Waals surface area contributed by atoms with Crippen LogP contribution in [-0.2, 0) is 16.4 Å². The number of aromatic nitrogens is 2. The van der Waals surface area contributed by atoms with Crippen LogP contribution in [0.1, 0.15) is 40.2 Å². The topological polar surface area (TPSA) is 103 Å². The van der Waals surface area contributed by atoms with E-state index in [1.807, 2.05) is 0 Å². The molecule has 6 nitrogen and oxygen atoms in total. The average Bonchev–Trinajstić information content (AvgIpc) is 2.48. The van der Waals surface area contributed by atoms with E-state index in [1.165, 1.54) is 30.5 Å². The van der Waals surface area contributed by atoms with Gasteiger partial charge in [-0.15, -0.1) is 0 Å². The number of halogens is 2. The van der Waals surface area contributed by atoms with Crippen molar-refractivity contribution in [1.29, 1.82) is 0 Å². The van der Waals surface area contributed by atoms with Crippen LogP contribution in [0.4, 0.5) is 4.39 Å². The molecule has 9 heteroatoms. The maximum absolute atomic E-state index is 14.7. The van der Waals surface area contributed by atoms with E-state index in [4.69, 9.17) is 16.7 Å². The summed E-state index contributed by atoms with van der Waals surface area (Å²) in [6.07, 6.45) is 1.29. The summed E-state index contributed by atoms with van der Waals surface area (Å²) in [6, 6.07) is 5.52. The zero-order chi connectivity index (χ0) is 17.9. The van der Waals surface area contributed by atoms with Gasteiger partial charge in [-0.25, -0.2) is 27.9 Å². The molecule has 0 aliphatic heterocycles. The molecule has 1 unspecified atom stereocenters. The van der Waals surface area contributed by atoms with Gasteiger partial charge in [0.2, 0.25) is 15.3 Å². The molecule has 0 amide bonds. The molecule has 0 aliphatic rings. The van der Waals surface area contributed by atoms with Gasteiger partial charge in [0.15, 0.2) is 5.78 Å². The van der Waals surface area contributed by atoms with Crippen LogP contribution in [0.15, 0.2) is 30.5 Å². The van der Waals surface area contributed by atoms with Gasteiger partial charge in [-0.3, -0.25) is 4.79 Å². The van der Waals surface area contributed by atoms with E-state index < -0.39 is 26.9 Å². The van der Waals surface area contributed by atoms with Crippen molar-refractivity contribution in [3.63, 3.8) is 0 Å². The molecule has 0 fully saturated rings. The second kappa shape index (κ2) is 7.33. The first kappa shape index (κ1) is 18.4. The first-order valence-corrected chi connectivity index (χ1v) is 9.03. The van der Waals surface area contributed by atoms with Crippen LogP contribution >= 0.6 is 11.6 Å². The zero-order valence-electron chi connectivity index (χ0n) is 12.7. The number of carbonyl (C=O) groups is 1. The summed E-state index contributed by atoms with van der Waals surface area (Å²) in [7, 11) is -3.99. The average molecular weight is 372 g/mol. The van der Waals surface area contributed by atoms with Crippen molar-refractivity contribution in [2.24, 2.45) is 5.14 Å². The molecular weight excluding hydrogens is 357 g/mol. The summed E-state index contributed by atoms with van der Waals surface area (Å²) in [5, 5.41) is 3.92. The molecule has 1 aromatic carbocycles. The number of carbonyl (C=O) groups excluding carboxylic acids is 1. The van der Waals surface area contributed by atoms with Crippen LogP contribution in [0, 0.1) is 5.82 Å². The van der Waals surface area contributed by atoms with E-state index in [-0.39, 0.29) is 29.3 Å². The largest absolute Gasteiger partial charge is 0.294 e. The van der Waals surface area contributed by atoms with Crippen LogP contribution in [0.3, 0.4) is 0 Å². The van der Waals surface area contributed by atoms with Gasteiger partial charge in [-0.05, 0) is 30.2 Å². The molecule has 2 rings (SSSR count). The Morgan fingerprint density at radius 2 is 2.08 bits per heavy atom. The number of nitrogens with two attached hydrogens (primary N) is 1. The van der Waals surface area contributed by atoms with Crippen LogP contribution in [0.5, 0.6) is 0 Å². The number of primary sulfonamides is 1. The quantitative estimate of drug-likeness (QED) is 0.620. The predicted octanol–water partition coefficient (Wildman–Crippen LogP) is 2.43. The SMILES string of the molecule is CCC(c1cccc(C(=O)Cc2ccnc(Cl)n2)c1F)S(N)(=O)=O. The molecule has 0 radical (unpaired) electrons. The Morgan fingerprint density at radius 3 is 2.67 bits per heavy atom. The molecule has 0 bridgehead atoms. The minimum atomic E-state index is -3.99. The smallest absolute Gasteiger partial charge is 0.222 e. The van der Waals surface area contributed by atoms with Crippen molar-refractivity contribution in [2.75, 3.05) is 0 Å². The second-order valence-corrected chi connectivity index (χ2v) is 7.20. The number of sulfonamides is 1. The highest BCUT2D eigenvalue weighted by Crippen LogP contribution is 2.28. The number of ketones is 1. The van der Waals surface area contributed by atoms with Crippen molar-refractivity contribution in [3.05, 3.63) is 58.4 Å². The summed E-state index contributed by atoms with van der Waals surface area (Å²) in [5.74, 6) is -1.43. The molecule has 1 heterocycles. The molecule has 0 saturated heterocycles. The van der Waals surface area contributed by atoms with Gasteiger partial charge in [0.1, 0.15) is 11.1 Å². The van der Waals surface area contributed by atoms with Gasteiger partial charge in [-0.1, -0.05) is 19.1 Å². The summed E-state index contributed by atoms with van der Waals surface area (Å²) in [6.45, 7) is 1.58. The third-order valence-corrected chi connectivity index (χ3v) is 5.03. The standard InChI is InChI=1S/C15H15ClFN3O3S/c1-2-13(24(18,22)23)11-5-3-4-10(14(11)17)12(21)8-9-6-7-19-15(16)20-9/h3-7,13H,2,8H2,1H3,(H2,18,22,23). The third kappa shape index (κ3) is 4.14. The number of Topliss-reactive ketones (excluding diaryl/α,β-unsaturated/α-hetero) is 1. The summed E-state index contributed by atoms with van der Waals surface area (Å²) in [4.78, 5) is 19.9. The van der Waals surface area contributed by atoms with Crippen LogP contribution < -0.4 is 5.14 Å². The molecule has 2 aromatic rings. The van der Waals surface area contributed by atoms with E-state index in [9.17, 15) is 17.6 Å². The zero-order valence-corrected chi connectivity index (χ0v) is 14.3. The van der Waals surface area contributed by atoms with E-state index in [0.717, 1.165) is 0 Å². The Morgan fingerprint density at radius 1 is 1.38 bits per heavy atom. The highest BCUT2D eigenvalue weighted by molar-refractivity contribution is 7.89. The van der Waals surface area contributed by atoms with Crippen LogP contribution in [0.2, 0.25) is 5.28 Å². The summed E-state index contributed by atoms with van der Waals surface area (Å²) >= 11 is 5.65. The van der Waals surface area contributed by atoms with Crippen molar-refractivity contribution in [1.82, 2.24) is 9.97 Å². The van der Waals surface area contributed by atoms with Crippen molar-refractivity contribution < 1.29 is 17.6 Å². The number of hydrogen-bond acceptors (Lipinski definition) is 5. The lowest BCUT2D eigenvalue weighted by Crippen LogP contribution is -2.23. The molecule has 0 spiro atoms. The minimum Gasteiger partial charge on any atom is -0.294 e. The summed E-state index contributed by atoms with van der Waals surface area (Å²) < 4.78 is 37.9. The van der Waals surface area contributed by atoms with Crippen molar-refractivity contribution in [3.8, 4) is 0 Å². The van der Waals surface area contributed by atoms with Gasteiger partial charge in [0, 0.05) is 11.8 Å². The second-order valence-electron chi connectivity index (χ2n) is 5.11. The fourth-order valence-corrected chi connectivity index (χ4v) is 3.54. The molecule has 0 aliphatic carbocycles. The molecule has 2 N–H and O–H groups in total. The number of benzene rings is 1. The highest BCUT2D eigenvalue weighted by Gasteiger charge is 2.27. The van der Waals surface area contributed by atoms with E-state index >= 15 is 0 Å². The van der Waals surface area contributed by atoms with E-state index in [1.54, 1.807) is 6.92 Å². The fraction of sp³-hybridized carbons (Fsp3) is 0.267. The number of nitrogens with zero attached hydrogens (tertiary/aromatic N) is 2. The number of hydrogen-bond donors (Lipinski definition) is 1. The Bertz CT molecular complexity index is 874. The van der Waals surface area contributed by atoms with Gasteiger partial charge in [0.05, 0.1) is 17.7 Å². The fourth-order valence-electron chi connectivity index (χ4n) is 2.37. The maximum Gasteiger partial charge on any atom is 0.222 e. The maximum atomic E-state index is 14.7. The lowest BCUT2D eigenvalue weighted by molar-refractivity contribution is 0.0988. The Hall–Kier alpha value is -1.90. The first-order chi connectivity index (χ1) is 11.2. The molecule has 24 heavy (non-hydrogen) atoms. The lowest BCUT2D eigenvalue weighted by Gasteiger charge is -2.15. The van der Waals surface area contributed by atoms with Crippen LogP contribution in [0.25, 0.3) is 0 Å². The summed E-state index contributed by atoms with van der Waals surface area (Å²) in [5.41, 5.74) is -0.000745. The Kier molecular flexibility index (Phi) is 5.63. The van der Waals surface area contributed by atoms with Gasteiger partial charge < -0.3 is 0 Å². The number of rotatable bonds is 6. The molecular formula is C15H15ClFN3O3S. The van der Waals surface area contributed by atoms with Crippen molar-refractivity contribution >= 4 is 27.4 Å².